The second kappa shape index (κ2) is 6.24. The van der Waals surface area contributed by atoms with Crippen LogP contribution >= 0.6 is 0 Å². The first-order valence-electron chi connectivity index (χ1n) is 4.28. The molecule has 0 spiro atoms. The van der Waals surface area contributed by atoms with Crippen LogP contribution in [0.15, 0.2) is 12.2 Å². The van der Waals surface area contributed by atoms with Gasteiger partial charge in [-0.3, -0.25) is 4.79 Å². The van der Waals surface area contributed by atoms with Gasteiger partial charge in [0.1, 0.15) is 11.6 Å². The fourth-order valence-corrected chi connectivity index (χ4v) is 0.467. The quantitative estimate of drug-likeness (QED) is 0.502. The van der Waals surface area contributed by atoms with E-state index in [1.165, 1.54) is 0 Å². The van der Waals surface area contributed by atoms with E-state index < -0.39 is 5.91 Å². The van der Waals surface area contributed by atoms with Gasteiger partial charge < -0.3 is 5.32 Å². The fraction of sp³-hybridized carbons (Fsp3) is 0.600. The Labute approximate surface area is 81.9 Å². The van der Waals surface area contributed by atoms with Crippen LogP contribution in [0, 0.1) is 11.3 Å². The molecule has 3 nitrogen and oxygen atoms in total. The summed E-state index contributed by atoms with van der Waals surface area (Å²) in [5, 5.41) is 10.9. The molecule has 0 atom stereocenters. The van der Waals surface area contributed by atoms with E-state index in [4.69, 9.17) is 5.26 Å². The van der Waals surface area contributed by atoms with Gasteiger partial charge in [0.15, 0.2) is 0 Å². The van der Waals surface area contributed by atoms with Crippen LogP contribution in [0.2, 0.25) is 0 Å². The van der Waals surface area contributed by atoms with Gasteiger partial charge in [-0.1, -0.05) is 20.4 Å². The highest BCUT2D eigenvalue weighted by molar-refractivity contribution is 5.96. The van der Waals surface area contributed by atoms with E-state index in [9.17, 15) is 4.79 Å². The normalized spacial score (nSPS) is 8.92. The molecule has 0 bridgehead atoms. The number of hydrogen-bond donors (Lipinski definition) is 1. The molecular weight excluding hydrogens is 164 g/mol. The maximum absolute atomic E-state index is 11.0. The molecule has 0 aromatic carbocycles. The molecule has 0 aliphatic carbocycles. The Morgan fingerprint density at radius 1 is 1.46 bits per heavy atom. The number of amides is 1. The zero-order valence-electron chi connectivity index (χ0n) is 9.06. The smallest absolute Gasteiger partial charge is 0.261 e. The highest BCUT2D eigenvalue weighted by Gasteiger charge is 2.15. The highest BCUT2D eigenvalue weighted by atomic mass is 16.1. The Kier molecular flexibility index (Phi) is 6.84. The van der Waals surface area contributed by atoms with Crippen LogP contribution < -0.4 is 5.32 Å². The fourth-order valence-electron chi connectivity index (χ4n) is 0.467. The van der Waals surface area contributed by atoms with Gasteiger partial charge in [-0.2, -0.15) is 5.26 Å². The van der Waals surface area contributed by atoms with Crippen molar-refractivity contribution < 1.29 is 6.22 Å². The van der Waals surface area contributed by atoms with Crippen LogP contribution in [0.3, 0.4) is 0 Å². The van der Waals surface area contributed by atoms with E-state index in [0.29, 0.717) is 0 Å². The minimum atomic E-state index is -0.403. The van der Waals surface area contributed by atoms with Gasteiger partial charge in [-0.05, 0) is 20.8 Å². The predicted molar refractivity (Wildman–Crippen MR) is 56.1 cm³/mol. The predicted octanol–water partition coefficient (Wildman–Crippen LogP) is 2.25. The molecule has 0 heterocycles. The average molecular weight is 184 g/mol. The molecule has 0 aliphatic rings. The van der Waals surface area contributed by atoms with Crippen LogP contribution in [0.25, 0.3) is 0 Å². The lowest BCUT2D eigenvalue weighted by molar-refractivity contribution is -0.118. The summed E-state index contributed by atoms with van der Waals surface area (Å²) in [6.07, 6.45) is 0. The first kappa shape index (κ1) is 14.2. The van der Waals surface area contributed by atoms with Crippen molar-refractivity contribution in [2.75, 3.05) is 0 Å². The maximum Gasteiger partial charge on any atom is 0.261 e. The molecule has 13 heavy (non-hydrogen) atoms. The van der Waals surface area contributed by atoms with Crippen molar-refractivity contribution in [3.63, 3.8) is 0 Å². The number of carbonyl (C=O) groups excluding carboxylic acids is 1. The number of nitrogens with zero attached hydrogens (tertiary/aromatic N) is 1. The number of nitriles is 1. The third kappa shape index (κ3) is 8.61. The Hall–Kier alpha value is -1.30. The largest absolute Gasteiger partial charge is 0.347 e. The van der Waals surface area contributed by atoms with Crippen LogP contribution in [0.5, 0.6) is 0 Å². The van der Waals surface area contributed by atoms with Crippen molar-refractivity contribution in [3.8, 4) is 6.07 Å². The van der Waals surface area contributed by atoms with Crippen molar-refractivity contribution in [2.24, 2.45) is 0 Å². The summed E-state index contributed by atoms with van der Waals surface area (Å²) in [6.45, 7) is 12.8. The lowest BCUT2D eigenvalue weighted by Gasteiger charge is -2.19. The minimum Gasteiger partial charge on any atom is -0.347 e. The van der Waals surface area contributed by atoms with Gasteiger partial charge in [-0.15, -0.1) is 0 Å². The number of nitrogens with one attached hydrogen (secondary N) is 1. The molecule has 0 fully saturated rings. The molecule has 0 aromatic heterocycles. The maximum atomic E-state index is 11.0. The van der Waals surface area contributed by atoms with Crippen LogP contribution in [-0.4, -0.2) is 11.4 Å². The third-order valence-corrected chi connectivity index (χ3v) is 0.898. The van der Waals surface area contributed by atoms with E-state index in [0.717, 1.165) is 0 Å². The number of hydrogen-bond acceptors (Lipinski definition) is 2. The summed E-state index contributed by atoms with van der Waals surface area (Å²) in [5.74, 6) is -0.403. The topological polar surface area (TPSA) is 52.9 Å². The van der Waals surface area contributed by atoms with E-state index in [1.807, 2.05) is 34.6 Å². The average Bonchev–Trinajstić information content (AvgIpc) is 2.03. The molecule has 1 N–H and O–H groups in total. The van der Waals surface area contributed by atoms with E-state index in [1.54, 1.807) is 6.07 Å². The number of rotatable bonds is 1. The summed E-state index contributed by atoms with van der Waals surface area (Å²) in [4.78, 5) is 11.0. The van der Waals surface area contributed by atoms with Gasteiger partial charge in [0.2, 0.25) is 0 Å². The third-order valence-electron chi connectivity index (χ3n) is 0.898. The molecule has 0 saturated heterocycles. The van der Waals surface area contributed by atoms with Crippen molar-refractivity contribution in [2.45, 2.75) is 40.2 Å². The SMILES string of the molecule is C=C(C#N)C(=O)NC(C)(C)C.CC.[HH]. The Morgan fingerprint density at radius 2 is 1.85 bits per heavy atom. The Morgan fingerprint density at radius 3 is 2.08 bits per heavy atom. The van der Waals surface area contributed by atoms with Crippen LogP contribution in [-0.2, 0) is 4.79 Å². The second-order valence-electron chi connectivity index (χ2n) is 3.29. The van der Waals surface area contributed by atoms with Crippen molar-refractivity contribution in [3.05, 3.63) is 12.2 Å². The standard InChI is InChI=1S/C8H12N2O.C2H6.H2/c1-6(5-9)7(11)10-8(2,3)4;1-2;/h1H2,2-4H3,(H,10,11);1-2H3;1H. The lowest BCUT2D eigenvalue weighted by atomic mass is 10.1. The molecule has 0 saturated carbocycles. The molecule has 0 radical (unpaired) electrons. The zero-order chi connectivity index (χ0) is 11.1. The first-order valence-corrected chi connectivity index (χ1v) is 4.28. The van der Waals surface area contributed by atoms with E-state index in [2.05, 4.69) is 11.9 Å². The molecule has 0 aliphatic heterocycles. The molecule has 0 rings (SSSR count). The summed E-state index contributed by atoms with van der Waals surface area (Å²) >= 11 is 0. The molecular formula is C10H20N2O. The van der Waals surface area contributed by atoms with Gasteiger partial charge in [0, 0.05) is 6.97 Å². The molecule has 1 amide bonds. The van der Waals surface area contributed by atoms with E-state index >= 15 is 0 Å². The van der Waals surface area contributed by atoms with Crippen LogP contribution in [0.4, 0.5) is 0 Å². The number of carbonyl (C=O) groups is 1. The zero-order valence-corrected chi connectivity index (χ0v) is 9.06. The second-order valence-corrected chi connectivity index (χ2v) is 3.29. The molecule has 76 valence electrons. The summed E-state index contributed by atoms with van der Waals surface area (Å²) in [6, 6.07) is 1.68. The Balaban J connectivity index is -0.000000376. The Bertz CT molecular complexity index is 223. The van der Waals surface area contributed by atoms with Gasteiger partial charge in [-0.25, -0.2) is 0 Å². The van der Waals surface area contributed by atoms with Gasteiger partial charge in [0.05, 0.1) is 0 Å². The minimum absolute atomic E-state index is 0. The van der Waals surface area contributed by atoms with Crippen LogP contribution in [0.1, 0.15) is 36.0 Å². The monoisotopic (exact) mass is 184 g/mol. The molecule has 0 aromatic rings. The van der Waals surface area contributed by atoms with Crippen molar-refractivity contribution in [1.82, 2.24) is 5.32 Å². The van der Waals surface area contributed by atoms with Crippen molar-refractivity contribution >= 4 is 5.91 Å². The summed E-state index contributed by atoms with van der Waals surface area (Å²) in [7, 11) is 0. The summed E-state index contributed by atoms with van der Waals surface area (Å²) in [5.41, 5.74) is -0.364. The molecule has 3 heteroatoms. The van der Waals surface area contributed by atoms with Gasteiger partial charge in [0.25, 0.3) is 5.91 Å². The van der Waals surface area contributed by atoms with Crippen molar-refractivity contribution in [1.29, 1.82) is 5.26 Å². The highest BCUT2D eigenvalue weighted by Crippen LogP contribution is 2.00. The first-order chi connectivity index (χ1) is 5.87. The van der Waals surface area contributed by atoms with E-state index in [-0.39, 0.29) is 12.5 Å². The molecule has 0 unspecified atom stereocenters. The lowest BCUT2D eigenvalue weighted by Crippen LogP contribution is -2.40. The van der Waals surface area contributed by atoms with Gasteiger partial charge >= 0.3 is 0 Å². The summed E-state index contributed by atoms with van der Waals surface area (Å²) < 4.78 is 0.